The molecule has 1 aliphatic rings. The van der Waals surface area contributed by atoms with Crippen LogP contribution in [0.3, 0.4) is 0 Å². The van der Waals surface area contributed by atoms with Gasteiger partial charge >= 0.3 is 0 Å². The van der Waals surface area contributed by atoms with Crippen LogP contribution >= 0.6 is 27.5 Å². The number of halogens is 2. The second-order valence-electron chi connectivity index (χ2n) is 3.69. The Bertz CT molecular complexity index is 358. The van der Waals surface area contributed by atoms with Gasteiger partial charge in [-0.05, 0) is 53.5 Å². The highest BCUT2D eigenvalue weighted by Gasteiger charge is 2.11. The van der Waals surface area contributed by atoms with E-state index >= 15 is 0 Å². The molecule has 0 N–H and O–H groups in total. The Kier molecular flexibility index (Phi) is 4.37. The highest BCUT2D eigenvalue weighted by Crippen LogP contribution is 2.22. The summed E-state index contributed by atoms with van der Waals surface area (Å²) in [6.07, 6.45) is 4.19. The van der Waals surface area contributed by atoms with Crippen molar-refractivity contribution in [1.29, 1.82) is 0 Å². The molecule has 1 saturated heterocycles. The van der Waals surface area contributed by atoms with E-state index in [4.69, 9.17) is 16.3 Å². The van der Waals surface area contributed by atoms with Gasteiger partial charge in [0.15, 0.2) is 0 Å². The van der Waals surface area contributed by atoms with Crippen molar-refractivity contribution in [2.45, 2.75) is 12.8 Å². The van der Waals surface area contributed by atoms with Crippen molar-refractivity contribution in [3.63, 3.8) is 0 Å². The third-order valence-corrected chi connectivity index (χ3v) is 3.25. The highest BCUT2D eigenvalue weighted by molar-refractivity contribution is 9.10. The van der Waals surface area contributed by atoms with Crippen molar-refractivity contribution in [2.75, 3.05) is 26.2 Å². The van der Waals surface area contributed by atoms with Crippen molar-refractivity contribution >= 4 is 27.5 Å². The molecule has 4 nitrogen and oxygen atoms in total. The Morgan fingerprint density at radius 1 is 1.44 bits per heavy atom. The maximum atomic E-state index is 5.69. The summed E-state index contributed by atoms with van der Waals surface area (Å²) in [6.45, 7) is 3.92. The predicted octanol–water partition coefficient (Wildman–Crippen LogP) is 2.37. The summed E-state index contributed by atoms with van der Waals surface area (Å²) in [4.78, 5) is 10.2. The highest BCUT2D eigenvalue weighted by atomic mass is 79.9. The van der Waals surface area contributed by atoms with Crippen LogP contribution in [-0.4, -0.2) is 41.1 Å². The van der Waals surface area contributed by atoms with Gasteiger partial charge in [0.2, 0.25) is 11.2 Å². The van der Waals surface area contributed by atoms with Gasteiger partial charge in [-0.3, -0.25) is 4.90 Å². The lowest BCUT2D eigenvalue weighted by atomic mass is 10.4. The van der Waals surface area contributed by atoms with Crippen LogP contribution < -0.4 is 4.74 Å². The average Bonchev–Trinajstić information content (AvgIpc) is 2.76. The molecule has 1 aromatic rings. The SMILES string of the molecule is Clc1ncc(Br)c(OCCN2CCCC2)n1. The molecule has 0 radical (unpaired) electrons. The molecule has 2 rings (SSSR count). The molecule has 0 unspecified atom stereocenters. The van der Waals surface area contributed by atoms with Gasteiger partial charge in [-0.2, -0.15) is 4.98 Å². The molecule has 0 spiro atoms. The molecule has 88 valence electrons. The average molecular weight is 307 g/mol. The first-order valence-electron chi connectivity index (χ1n) is 5.29. The number of rotatable bonds is 4. The first-order chi connectivity index (χ1) is 7.75. The van der Waals surface area contributed by atoms with E-state index in [0.717, 1.165) is 11.0 Å². The van der Waals surface area contributed by atoms with Crippen molar-refractivity contribution in [3.8, 4) is 5.88 Å². The predicted molar refractivity (Wildman–Crippen MR) is 65.9 cm³/mol. The Morgan fingerprint density at radius 3 is 2.94 bits per heavy atom. The number of hydrogen-bond acceptors (Lipinski definition) is 4. The van der Waals surface area contributed by atoms with Gasteiger partial charge in [0.25, 0.3) is 0 Å². The summed E-state index contributed by atoms with van der Waals surface area (Å²) in [5.74, 6) is 0.513. The minimum absolute atomic E-state index is 0.208. The molecule has 0 atom stereocenters. The van der Waals surface area contributed by atoms with E-state index in [-0.39, 0.29) is 5.28 Å². The van der Waals surface area contributed by atoms with Gasteiger partial charge < -0.3 is 4.74 Å². The van der Waals surface area contributed by atoms with E-state index in [0.29, 0.717) is 12.5 Å². The molecule has 0 amide bonds. The fourth-order valence-corrected chi connectivity index (χ4v) is 2.14. The summed E-state index contributed by atoms with van der Waals surface area (Å²) < 4.78 is 6.29. The zero-order valence-electron chi connectivity index (χ0n) is 8.83. The van der Waals surface area contributed by atoms with Crippen LogP contribution in [0, 0.1) is 0 Å². The van der Waals surface area contributed by atoms with E-state index in [1.807, 2.05) is 0 Å². The lowest BCUT2D eigenvalue weighted by Crippen LogP contribution is -2.25. The molecule has 0 aliphatic carbocycles. The van der Waals surface area contributed by atoms with Crippen LogP contribution in [0.2, 0.25) is 5.28 Å². The number of likely N-dealkylation sites (tertiary alicyclic amines) is 1. The molecule has 16 heavy (non-hydrogen) atoms. The van der Waals surface area contributed by atoms with Gasteiger partial charge in [-0.25, -0.2) is 4.98 Å². The third kappa shape index (κ3) is 3.30. The van der Waals surface area contributed by atoms with Crippen molar-refractivity contribution in [2.24, 2.45) is 0 Å². The van der Waals surface area contributed by atoms with Crippen molar-refractivity contribution in [3.05, 3.63) is 16.0 Å². The molecule has 0 saturated carbocycles. The van der Waals surface area contributed by atoms with Gasteiger partial charge in [-0.1, -0.05) is 0 Å². The summed E-state index contributed by atoms with van der Waals surface area (Å²) in [7, 11) is 0. The van der Waals surface area contributed by atoms with E-state index < -0.39 is 0 Å². The number of aromatic nitrogens is 2. The second-order valence-corrected chi connectivity index (χ2v) is 4.88. The summed E-state index contributed by atoms with van der Waals surface area (Å²) >= 11 is 9.01. The third-order valence-electron chi connectivity index (χ3n) is 2.53. The Morgan fingerprint density at radius 2 is 2.19 bits per heavy atom. The molecule has 2 heterocycles. The standard InChI is InChI=1S/C10H13BrClN3O/c11-8-7-13-10(12)14-9(8)16-6-5-15-3-1-2-4-15/h7H,1-6H2. The molecular weight excluding hydrogens is 293 g/mol. The smallest absolute Gasteiger partial charge is 0.232 e. The van der Waals surface area contributed by atoms with Gasteiger partial charge in [-0.15, -0.1) is 0 Å². The lowest BCUT2D eigenvalue weighted by Gasteiger charge is -2.14. The Hall–Kier alpha value is -0.390. The maximum Gasteiger partial charge on any atom is 0.232 e. The van der Waals surface area contributed by atoms with Crippen molar-refractivity contribution < 1.29 is 4.74 Å². The fourth-order valence-electron chi connectivity index (χ4n) is 1.71. The van der Waals surface area contributed by atoms with E-state index in [9.17, 15) is 0 Å². The molecule has 1 fully saturated rings. The number of ether oxygens (including phenoxy) is 1. The fraction of sp³-hybridized carbons (Fsp3) is 0.600. The lowest BCUT2D eigenvalue weighted by molar-refractivity contribution is 0.230. The molecule has 6 heteroatoms. The van der Waals surface area contributed by atoms with Crippen LogP contribution in [0.1, 0.15) is 12.8 Å². The monoisotopic (exact) mass is 305 g/mol. The van der Waals surface area contributed by atoms with Crippen LogP contribution in [0.5, 0.6) is 5.88 Å². The molecule has 1 aliphatic heterocycles. The van der Waals surface area contributed by atoms with Crippen LogP contribution in [0.4, 0.5) is 0 Å². The molecule has 0 aromatic carbocycles. The van der Waals surface area contributed by atoms with Gasteiger partial charge in [0, 0.05) is 12.7 Å². The molecular formula is C10H13BrClN3O. The Balaban J connectivity index is 1.82. The van der Waals surface area contributed by atoms with E-state index in [2.05, 4.69) is 30.8 Å². The first kappa shape index (κ1) is 12.1. The second kappa shape index (κ2) is 5.80. The van der Waals surface area contributed by atoms with Gasteiger partial charge in [0.05, 0.1) is 4.47 Å². The van der Waals surface area contributed by atoms with Crippen LogP contribution in [0.15, 0.2) is 10.7 Å². The topological polar surface area (TPSA) is 38.2 Å². The molecule has 1 aromatic heterocycles. The van der Waals surface area contributed by atoms with Crippen LogP contribution in [0.25, 0.3) is 0 Å². The minimum atomic E-state index is 0.208. The maximum absolute atomic E-state index is 5.69. The van der Waals surface area contributed by atoms with E-state index in [1.165, 1.54) is 25.9 Å². The van der Waals surface area contributed by atoms with Gasteiger partial charge in [0.1, 0.15) is 6.61 Å². The number of nitrogens with zero attached hydrogens (tertiary/aromatic N) is 3. The largest absolute Gasteiger partial charge is 0.475 e. The normalized spacial score (nSPS) is 16.6. The molecule has 0 bridgehead atoms. The Labute approximate surface area is 108 Å². The zero-order valence-corrected chi connectivity index (χ0v) is 11.2. The summed E-state index contributed by atoms with van der Waals surface area (Å²) in [5, 5.41) is 0.208. The van der Waals surface area contributed by atoms with Crippen molar-refractivity contribution in [1.82, 2.24) is 14.9 Å². The zero-order chi connectivity index (χ0) is 11.4. The number of hydrogen-bond donors (Lipinski definition) is 0. The first-order valence-corrected chi connectivity index (χ1v) is 6.46. The van der Waals surface area contributed by atoms with E-state index in [1.54, 1.807) is 6.20 Å². The summed E-state index contributed by atoms with van der Waals surface area (Å²) in [5.41, 5.74) is 0. The van der Waals surface area contributed by atoms with Crippen LogP contribution in [-0.2, 0) is 0 Å². The quantitative estimate of drug-likeness (QED) is 0.801. The minimum Gasteiger partial charge on any atom is -0.475 e. The summed E-state index contributed by atoms with van der Waals surface area (Å²) in [6, 6.07) is 0.